The summed E-state index contributed by atoms with van der Waals surface area (Å²) in [4.78, 5) is 12.5. The summed E-state index contributed by atoms with van der Waals surface area (Å²) >= 11 is 0. The molecule has 0 spiro atoms. The van der Waals surface area contributed by atoms with Crippen LogP contribution in [0.25, 0.3) is 0 Å². The minimum atomic E-state index is 0.278. The standard InChI is InChI=1S/C17H21NO/c1-9-3-4-10(2)13(7-9)18-17(19)16-14-11-5-6-12(8-11)15(14)16/h3-4,7,11-12,14-16H,5-6,8H2,1-2H3,(H,18,19)/t11-,12-,14-,15-/m1/s1. The van der Waals surface area contributed by atoms with Crippen molar-refractivity contribution in [1.29, 1.82) is 0 Å². The normalized spacial score (nSPS) is 38.1. The second-order valence-corrected chi connectivity index (χ2v) is 6.82. The number of amides is 1. The van der Waals surface area contributed by atoms with Crippen molar-refractivity contribution in [1.82, 2.24) is 0 Å². The molecule has 0 aliphatic heterocycles. The van der Waals surface area contributed by atoms with Gasteiger partial charge in [0.2, 0.25) is 5.91 Å². The molecule has 0 radical (unpaired) electrons. The van der Waals surface area contributed by atoms with Crippen LogP contribution in [0.2, 0.25) is 0 Å². The maximum Gasteiger partial charge on any atom is 0.228 e. The molecule has 3 aliphatic carbocycles. The molecule has 2 nitrogen and oxygen atoms in total. The molecule has 2 bridgehead atoms. The lowest BCUT2D eigenvalue weighted by Gasteiger charge is -2.12. The van der Waals surface area contributed by atoms with Crippen LogP contribution >= 0.6 is 0 Å². The molecular formula is C17H21NO. The molecule has 0 heterocycles. The molecule has 0 unspecified atom stereocenters. The number of carbonyl (C=O) groups is 1. The van der Waals surface area contributed by atoms with Crippen LogP contribution in [0.15, 0.2) is 18.2 Å². The minimum Gasteiger partial charge on any atom is -0.326 e. The number of rotatable bonds is 2. The van der Waals surface area contributed by atoms with E-state index in [0.29, 0.717) is 5.92 Å². The van der Waals surface area contributed by atoms with Crippen molar-refractivity contribution < 1.29 is 4.79 Å². The van der Waals surface area contributed by atoms with E-state index in [1.54, 1.807) is 0 Å². The Morgan fingerprint density at radius 1 is 1.16 bits per heavy atom. The molecule has 1 aromatic carbocycles. The first kappa shape index (κ1) is 11.5. The van der Waals surface area contributed by atoms with E-state index in [-0.39, 0.29) is 5.91 Å². The van der Waals surface area contributed by atoms with Crippen molar-refractivity contribution in [3.05, 3.63) is 29.3 Å². The van der Waals surface area contributed by atoms with Crippen LogP contribution in [0.1, 0.15) is 30.4 Å². The number of fused-ring (bicyclic) bond motifs is 5. The Balaban J connectivity index is 1.50. The fourth-order valence-electron chi connectivity index (χ4n) is 4.76. The monoisotopic (exact) mass is 255 g/mol. The van der Waals surface area contributed by atoms with Gasteiger partial charge in [0.25, 0.3) is 0 Å². The number of anilines is 1. The molecule has 3 aliphatic rings. The van der Waals surface area contributed by atoms with Crippen molar-refractivity contribution in [2.24, 2.45) is 29.6 Å². The van der Waals surface area contributed by atoms with Gasteiger partial charge in [-0.3, -0.25) is 4.79 Å². The van der Waals surface area contributed by atoms with E-state index in [1.165, 1.54) is 24.8 Å². The zero-order valence-corrected chi connectivity index (χ0v) is 11.6. The number of benzene rings is 1. The van der Waals surface area contributed by atoms with Gasteiger partial charge in [-0.05, 0) is 74.0 Å². The lowest BCUT2D eigenvalue weighted by molar-refractivity contribution is -0.118. The predicted molar refractivity (Wildman–Crippen MR) is 75.8 cm³/mol. The van der Waals surface area contributed by atoms with E-state index in [4.69, 9.17) is 0 Å². The van der Waals surface area contributed by atoms with Gasteiger partial charge in [0.05, 0.1) is 0 Å². The first-order valence-corrected chi connectivity index (χ1v) is 7.53. The highest BCUT2D eigenvalue weighted by Gasteiger charge is 2.67. The Kier molecular flexibility index (Phi) is 2.33. The molecule has 3 saturated carbocycles. The first-order chi connectivity index (χ1) is 9.15. The van der Waals surface area contributed by atoms with Crippen molar-refractivity contribution in [2.45, 2.75) is 33.1 Å². The maximum atomic E-state index is 12.5. The van der Waals surface area contributed by atoms with E-state index in [1.807, 2.05) is 0 Å². The Hall–Kier alpha value is -1.31. The summed E-state index contributed by atoms with van der Waals surface area (Å²) in [7, 11) is 0. The maximum absolute atomic E-state index is 12.5. The molecule has 3 fully saturated rings. The van der Waals surface area contributed by atoms with Gasteiger partial charge >= 0.3 is 0 Å². The van der Waals surface area contributed by atoms with Gasteiger partial charge in [0.15, 0.2) is 0 Å². The largest absolute Gasteiger partial charge is 0.326 e. The average molecular weight is 255 g/mol. The quantitative estimate of drug-likeness (QED) is 0.860. The van der Waals surface area contributed by atoms with Gasteiger partial charge in [0, 0.05) is 11.6 Å². The number of hydrogen-bond donors (Lipinski definition) is 1. The number of carbonyl (C=O) groups excluding carboxylic acids is 1. The predicted octanol–water partition coefficient (Wildman–Crippen LogP) is 3.53. The van der Waals surface area contributed by atoms with Gasteiger partial charge in [0.1, 0.15) is 0 Å². The highest BCUT2D eigenvalue weighted by Crippen LogP contribution is 2.69. The molecule has 1 amide bonds. The molecule has 4 rings (SSSR count). The summed E-state index contributed by atoms with van der Waals surface area (Å²) in [6.07, 6.45) is 4.15. The zero-order chi connectivity index (χ0) is 13.1. The van der Waals surface area contributed by atoms with Gasteiger partial charge < -0.3 is 5.32 Å². The van der Waals surface area contributed by atoms with Crippen LogP contribution in [-0.2, 0) is 4.79 Å². The summed E-state index contributed by atoms with van der Waals surface area (Å²) in [5.41, 5.74) is 3.37. The second kappa shape index (κ2) is 3.84. The molecule has 0 saturated heterocycles. The summed E-state index contributed by atoms with van der Waals surface area (Å²) < 4.78 is 0. The molecule has 100 valence electrons. The number of hydrogen-bond acceptors (Lipinski definition) is 1. The lowest BCUT2D eigenvalue weighted by Crippen LogP contribution is -2.19. The summed E-state index contributed by atoms with van der Waals surface area (Å²) in [5.74, 6) is 3.79. The van der Waals surface area contributed by atoms with Crippen molar-refractivity contribution in [2.75, 3.05) is 5.32 Å². The van der Waals surface area contributed by atoms with Gasteiger partial charge in [-0.15, -0.1) is 0 Å². The molecular weight excluding hydrogens is 234 g/mol. The molecule has 0 aromatic heterocycles. The Labute approximate surface area is 114 Å². The van der Waals surface area contributed by atoms with Crippen LogP contribution < -0.4 is 5.32 Å². The van der Waals surface area contributed by atoms with E-state index in [9.17, 15) is 4.79 Å². The number of nitrogens with one attached hydrogen (secondary N) is 1. The Bertz CT molecular complexity index is 534. The summed E-state index contributed by atoms with van der Waals surface area (Å²) in [6, 6.07) is 6.26. The molecule has 1 N–H and O–H groups in total. The SMILES string of the molecule is Cc1ccc(C)c(NC(=O)C2[C@@H]3[C@@H]4CC[C@H](C4)[C@@H]23)c1. The molecule has 4 atom stereocenters. The van der Waals surface area contributed by atoms with Crippen molar-refractivity contribution >= 4 is 11.6 Å². The third-order valence-electron chi connectivity index (χ3n) is 5.69. The molecule has 1 aromatic rings. The lowest BCUT2D eigenvalue weighted by atomic mass is 10.0. The van der Waals surface area contributed by atoms with Gasteiger partial charge in [-0.25, -0.2) is 0 Å². The highest BCUT2D eigenvalue weighted by atomic mass is 16.2. The molecule has 19 heavy (non-hydrogen) atoms. The zero-order valence-electron chi connectivity index (χ0n) is 11.6. The van der Waals surface area contributed by atoms with Gasteiger partial charge in [-0.1, -0.05) is 12.1 Å². The van der Waals surface area contributed by atoms with Crippen molar-refractivity contribution in [3.8, 4) is 0 Å². The first-order valence-electron chi connectivity index (χ1n) is 7.53. The van der Waals surface area contributed by atoms with Gasteiger partial charge in [-0.2, -0.15) is 0 Å². The van der Waals surface area contributed by atoms with Crippen LogP contribution in [0, 0.1) is 43.4 Å². The molecule has 2 heteroatoms. The smallest absolute Gasteiger partial charge is 0.228 e. The van der Waals surface area contributed by atoms with Crippen LogP contribution in [0.3, 0.4) is 0 Å². The fraction of sp³-hybridized carbons (Fsp3) is 0.588. The topological polar surface area (TPSA) is 29.1 Å². The van der Waals surface area contributed by atoms with Crippen LogP contribution in [0.5, 0.6) is 0 Å². The van der Waals surface area contributed by atoms with E-state index in [2.05, 4.69) is 37.4 Å². The van der Waals surface area contributed by atoms with Crippen molar-refractivity contribution in [3.63, 3.8) is 0 Å². The Morgan fingerprint density at radius 3 is 2.53 bits per heavy atom. The summed E-state index contributed by atoms with van der Waals surface area (Å²) in [5, 5.41) is 3.17. The Morgan fingerprint density at radius 2 is 1.84 bits per heavy atom. The third-order valence-corrected chi connectivity index (χ3v) is 5.69. The van der Waals surface area contributed by atoms with Crippen LogP contribution in [-0.4, -0.2) is 5.91 Å². The third kappa shape index (κ3) is 1.65. The fourth-order valence-corrected chi connectivity index (χ4v) is 4.76. The second-order valence-electron chi connectivity index (χ2n) is 6.82. The summed E-state index contributed by atoms with van der Waals surface area (Å²) in [6.45, 7) is 4.13. The highest BCUT2D eigenvalue weighted by molar-refractivity contribution is 5.95. The van der Waals surface area contributed by atoms with E-state index >= 15 is 0 Å². The number of aryl methyl sites for hydroxylation is 2. The average Bonchev–Trinajstić information content (AvgIpc) is 2.83. The minimum absolute atomic E-state index is 0.278. The van der Waals surface area contributed by atoms with Crippen LogP contribution in [0.4, 0.5) is 5.69 Å². The van der Waals surface area contributed by atoms with E-state index in [0.717, 1.165) is 34.9 Å². The van der Waals surface area contributed by atoms with E-state index < -0.39 is 0 Å².